The van der Waals surface area contributed by atoms with Gasteiger partial charge in [-0.25, -0.2) is 13.4 Å². The number of aromatic nitrogens is 2. The van der Waals surface area contributed by atoms with Gasteiger partial charge in [0.05, 0.1) is 21.1 Å². The second-order valence-electron chi connectivity index (χ2n) is 5.96. The fourth-order valence-electron chi connectivity index (χ4n) is 2.59. The third-order valence-corrected chi connectivity index (χ3v) is 6.44. The van der Waals surface area contributed by atoms with Crippen LogP contribution in [0.5, 0.6) is 0 Å². The quantitative estimate of drug-likeness (QED) is 0.302. The fourth-order valence-corrected chi connectivity index (χ4v) is 4.35. The molecule has 3 heterocycles. The number of halogens is 6. The first-order valence-electron chi connectivity index (χ1n) is 8.00. The lowest BCUT2D eigenvalue weighted by Gasteiger charge is -2.23. The molecule has 2 aromatic rings. The SMILES string of the molecule is CCS(=O)(=O)C1=CC(C(F)(F)F)=CNC1c1nc2cc(SC(F)(F)F)c[n+](O)c2o1. The average Bonchev–Trinajstić information content (AvgIpc) is 3.03. The van der Waals surface area contributed by atoms with Crippen molar-refractivity contribution in [2.24, 2.45) is 0 Å². The summed E-state index contributed by atoms with van der Waals surface area (Å²) in [6.07, 6.45) is -3.16. The second kappa shape index (κ2) is 7.37. The summed E-state index contributed by atoms with van der Waals surface area (Å²) in [5, 5.41) is 12.1. The maximum absolute atomic E-state index is 13.0. The van der Waals surface area contributed by atoms with Crippen LogP contribution in [0.15, 0.2) is 44.3 Å². The molecule has 0 aromatic carbocycles. The molecule has 0 bridgehead atoms. The van der Waals surface area contributed by atoms with Gasteiger partial charge in [-0.2, -0.15) is 26.3 Å². The van der Waals surface area contributed by atoms with Crippen LogP contribution in [-0.4, -0.2) is 36.0 Å². The lowest BCUT2D eigenvalue weighted by atomic mass is 10.1. The highest BCUT2D eigenvalue weighted by molar-refractivity contribution is 8.00. The Kier molecular flexibility index (Phi) is 5.47. The van der Waals surface area contributed by atoms with E-state index in [2.05, 4.69) is 10.3 Å². The first-order valence-corrected chi connectivity index (χ1v) is 10.5. The first-order chi connectivity index (χ1) is 13.7. The largest absolute Gasteiger partial charge is 0.449 e. The van der Waals surface area contributed by atoms with Crippen LogP contribution in [0.3, 0.4) is 0 Å². The van der Waals surface area contributed by atoms with Crippen LogP contribution in [0.4, 0.5) is 26.3 Å². The van der Waals surface area contributed by atoms with E-state index < -0.39 is 72.1 Å². The Morgan fingerprint density at radius 2 is 1.97 bits per heavy atom. The summed E-state index contributed by atoms with van der Waals surface area (Å²) in [4.78, 5) is 2.75. The van der Waals surface area contributed by atoms with E-state index in [1.807, 2.05) is 0 Å². The summed E-state index contributed by atoms with van der Waals surface area (Å²) in [5.74, 6) is -0.975. The van der Waals surface area contributed by atoms with Crippen molar-refractivity contribution in [3.63, 3.8) is 0 Å². The molecule has 1 aliphatic rings. The molecule has 3 rings (SSSR count). The molecule has 2 aromatic heterocycles. The maximum atomic E-state index is 13.0. The molecule has 7 nitrogen and oxygen atoms in total. The molecule has 1 unspecified atom stereocenters. The number of pyridine rings is 1. The summed E-state index contributed by atoms with van der Waals surface area (Å²) < 4.78 is 107. The maximum Gasteiger partial charge on any atom is 0.449 e. The normalized spacial score (nSPS) is 18.2. The molecule has 0 radical (unpaired) electrons. The average molecular weight is 476 g/mol. The highest BCUT2D eigenvalue weighted by Gasteiger charge is 2.40. The number of nitrogens with zero attached hydrogens (tertiary/aromatic N) is 2. The van der Waals surface area contributed by atoms with Crippen molar-refractivity contribution < 1.29 is 49.1 Å². The summed E-state index contributed by atoms with van der Waals surface area (Å²) >= 11 is -0.534. The van der Waals surface area contributed by atoms with Crippen molar-refractivity contribution in [1.29, 1.82) is 0 Å². The Hall–Kier alpha value is -2.42. The van der Waals surface area contributed by atoms with Crippen LogP contribution in [0, 0.1) is 0 Å². The van der Waals surface area contributed by atoms with Crippen LogP contribution in [-0.2, 0) is 9.84 Å². The van der Waals surface area contributed by atoms with Crippen LogP contribution in [0.1, 0.15) is 18.9 Å². The van der Waals surface area contributed by atoms with E-state index in [4.69, 9.17) is 4.42 Å². The third kappa shape index (κ3) is 4.50. The third-order valence-electron chi connectivity index (χ3n) is 3.92. The molecule has 0 saturated carbocycles. The van der Waals surface area contributed by atoms with Crippen molar-refractivity contribution in [3.8, 4) is 0 Å². The van der Waals surface area contributed by atoms with Crippen LogP contribution >= 0.6 is 11.8 Å². The Balaban J connectivity index is 2.09. The minimum Gasteiger partial charge on any atom is -0.383 e. The number of fused-ring (bicyclic) bond motifs is 1. The summed E-state index contributed by atoms with van der Waals surface area (Å²) in [6, 6.07) is -0.544. The topological polar surface area (TPSA) is 96.3 Å². The number of alkyl halides is 6. The summed E-state index contributed by atoms with van der Waals surface area (Å²) in [5.41, 5.74) is -6.58. The Morgan fingerprint density at radius 3 is 2.53 bits per heavy atom. The van der Waals surface area contributed by atoms with Gasteiger partial charge in [0.15, 0.2) is 15.4 Å². The number of rotatable bonds is 4. The number of sulfone groups is 1. The molecule has 30 heavy (non-hydrogen) atoms. The van der Waals surface area contributed by atoms with Crippen LogP contribution < -0.4 is 10.0 Å². The van der Waals surface area contributed by atoms with Gasteiger partial charge in [-0.05, 0) is 23.9 Å². The van der Waals surface area contributed by atoms with Gasteiger partial charge < -0.3 is 9.73 Å². The molecule has 0 fully saturated rings. The predicted molar refractivity (Wildman–Crippen MR) is 90.9 cm³/mol. The lowest BCUT2D eigenvalue weighted by molar-refractivity contribution is -0.890. The predicted octanol–water partition coefficient (Wildman–Crippen LogP) is 3.37. The number of nitrogens with one attached hydrogen (secondary N) is 1. The molecule has 164 valence electrons. The summed E-state index contributed by atoms with van der Waals surface area (Å²) in [6.45, 7) is 1.23. The Bertz CT molecular complexity index is 1150. The van der Waals surface area contributed by atoms with Crippen molar-refractivity contribution in [3.05, 3.63) is 40.9 Å². The lowest BCUT2D eigenvalue weighted by Crippen LogP contribution is -2.30. The molecule has 1 aliphatic heterocycles. The molecule has 0 spiro atoms. The molecule has 0 amide bonds. The molecule has 1 atom stereocenters. The van der Waals surface area contributed by atoms with Gasteiger partial charge in [-0.15, -0.1) is 0 Å². The minimum absolute atomic E-state index is 0.220. The van der Waals surface area contributed by atoms with E-state index in [-0.39, 0.29) is 10.2 Å². The highest BCUT2D eigenvalue weighted by atomic mass is 32.2. The smallest absolute Gasteiger partial charge is 0.383 e. The van der Waals surface area contributed by atoms with Crippen LogP contribution in [0.25, 0.3) is 11.2 Å². The molecular formula is C15H12F6N3O4S2+. The number of hydrogen-bond acceptors (Lipinski definition) is 7. The van der Waals surface area contributed by atoms with Gasteiger partial charge in [0.1, 0.15) is 6.04 Å². The van der Waals surface area contributed by atoms with E-state index >= 15 is 0 Å². The van der Waals surface area contributed by atoms with Gasteiger partial charge in [0, 0.05) is 10.9 Å². The molecular weight excluding hydrogens is 464 g/mol. The molecule has 0 saturated heterocycles. The van der Waals surface area contributed by atoms with Crippen molar-refractivity contribution in [2.45, 2.75) is 29.5 Å². The van der Waals surface area contributed by atoms with Crippen molar-refractivity contribution in [1.82, 2.24) is 10.3 Å². The van der Waals surface area contributed by atoms with Gasteiger partial charge in [-0.3, -0.25) is 5.21 Å². The number of allylic oxidation sites excluding steroid dienone is 2. The van der Waals surface area contributed by atoms with E-state index in [1.54, 1.807) is 0 Å². The monoisotopic (exact) mass is 476 g/mol. The molecule has 15 heteroatoms. The van der Waals surface area contributed by atoms with Crippen molar-refractivity contribution >= 4 is 32.8 Å². The Morgan fingerprint density at radius 1 is 1.30 bits per heavy atom. The van der Waals surface area contributed by atoms with Gasteiger partial charge in [0.2, 0.25) is 12.1 Å². The van der Waals surface area contributed by atoms with E-state index in [0.717, 1.165) is 6.07 Å². The van der Waals surface area contributed by atoms with Gasteiger partial charge in [0.25, 0.3) is 0 Å². The highest BCUT2D eigenvalue weighted by Crippen LogP contribution is 2.39. The first kappa shape index (κ1) is 22.3. The fraction of sp³-hybridized carbons (Fsp3) is 0.333. The second-order valence-corrected chi connectivity index (χ2v) is 9.37. The molecule has 0 aliphatic carbocycles. The Labute approximate surface area is 168 Å². The van der Waals surface area contributed by atoms with Gasteiger partial charge in [-0.1, -0.05) is 6.92 Å². The standard InChI is InChI=1S/C15H12F6N3O4S2/c1-2-30(26,27)10-3-7(14(16,17)18)5-22-11(10)12-23-9-4-8(29-15(19,20)21)6-24(25)13(9)28-12/h3-6,11,22,25H,2H2,1H3/q+1. The zero-order valence-corrected chi connectivity index (χ0v) is 16.4. The van der Waals surface area contributed by atoms with Crippen molar-refractivity contribution in [2.75, 3.05) is 5.75 Å². The zero-order chi connectivity index (χ0) is 22.5. The zero-order valence-electron chi connectivity index (χ0n) is 14.7. The van der Waals surface area contributed by atoms with E-state index in [0.29, 0.717) is 18.5 Å². The number of dihydropyridines is 1. The van der Waals surface area contributed by atoms with Gasteiger partial charge >= 0.3 is 17.4 Å². The van der Waals surface area contributed by atoms with E-state index in [9.17, 15) is 40.0 Å². The number of thioether (sulfide) groups is 1. The molecule has 2 N–H and O–H groups in total. The minimum atomic E-state index is -4.83. The number of hydrogen-bond donors (Lipinski definition) is 2. The van der Waals surface area contributed by atoms with E-state index in [1.165, 1.54) is 6.92 Å². The number of oxazole rings is 1. The van der Waals surface area contributed by atoms with Crippen LogP contribution in [0.2, 0.25) is 0 Å². The summed E-state index contributed by atoms with van der Waals surface area (Å²) in [7, 11) is -4.16.